The van der Waals surface area contributed by atoms with E-state index < -0.39 is 0 Å². The molecule has 0 atom stereocenters. The molecular formula is C15H14N4O2S. The van der Waals surface area contributed by atoms with Crippen LogP contribution in [0.25, 0.3) is 0 Å². The van der Waals surface area contributed by atoms with E-state index >= 15 is 0 Å². The maximum atomic E-state index is 8.68. The van der Waals surface area contributed by atoms with Crippen molar-refractivity contribution in [3.63, 3.8) is 0 Å². The number of aromatic nitrogens is 2. The summed E-state index contributed by atoms with van der Waals surface area (Å²) in [6, 6.07) is 9.74. The van der Waals surface area contributed by atoms with Gasteiger partial charge in [0, 0.05) is 30.6 Å². The number of rotatable bonds is 4. The standard InChI is InChI=1S/C15H14N4O2S/c1-10-7-14(18-15(17-10)22-6-5-16)19(2)11-3-4-12-13(8-11)21-9-20-12/h3-4,7-8H,6,9H2,1-2H3. The Labute approximate surface area is 132 Å². The van der Waals surface area contributed by atoms with E-state index in [1.807, 2.05) is 43.1 Å². The molecule has 6 nitrogen and oxygen atoms in total. The van der Waals surface area contributed by atoms with Crippen LogP contribution in [0.5, 0.6) is 11.5 Å². The topological polar surface area (TPSA) is 71.3 Å². The molecule has 22 heavy (non-hydrogen) atoms. The van der Waals surface area contributed by atoms with Gasteiger partial charge in [-0.1, -0.05) is 11.8 Å². The van der Waals surface area contributed by atoms with Crippen molar-refractivity contribution >= 4 is 23.3 Å². The van der Waals surface area contributed by atoms with E-state index in [1.54, 1.807) is 0 Å². The molecule has 2 aromatic rings. The summed E-state index contributed by atoms with van der Waals surface area (Å²) in [6.07, 6.45) is 0. The second-order valence-corrected chi connectivity index (χ2v) is 5.64. The molecule has 1 aliphatic rings. The fourth-order valence-electron chi connectivity index (χ4n) is 2.08. The van der Waals surface area contributed by atoms with Gasteiger partial charge < -0.3 is 14.4 Å². The molecule has 0 fully saturated rings. The first-order valence-corrected chi connectivity index (χ1v) is 7.65. The van der Waals surface area contributed by atoms with Crippen molar-refractivity contribution in [2.45, 2.75) is 12.1 Å². The van der Waals surface area contributed by atoms with Gasteiger partial charge in [-0.25, -0.2) is 9.97 Å². The van der Waals surface area contributed by atoms with Gasteiger partial charge in [0.25, 0.3) is 0 Å². The summed E-state index contributed by atoms with van der Waals surface area (Å²) >= 11 is 1.33. The highest BCUT2D eigenvalue weighted by Gasteiger charge is 2.16. The summed E-state index contributed by atoms with van der Waals surface area (Å²) in [6.45, 7) is 2.17. The van der Waals surface area contributed by atoms with Gasteiger partial charge in [0.15, 0.2) is 16.7 Å². The first kappa shape index (κ1) is 14.5. The predicted octanol–water partition coefficient (Wildman–Crippen LogP) is 2.90. The second-order valence-electron chi connectivity index (χ2n) is 4.69. The van der Waals surface area contributed by atoms with Gasteiger partial charge in [0.2, 0.25) is 6.79 Å². The predicted molar refractivity (Wildman–Crippen MR) is 83.7 cm³/mol. The monoisotopic (exact) mass is 314 g/mol. The minimum Gasteiger partial charge on any atom is -0.454 e. The molecule has 2 heterocycles. The van der Waals surface area contributed by atoms with Crippen molar-refractivity contribution in [2.75, 3.05) is 24.5 Å². The zero-order chi connectivity index (χ0) is 15.5. The van der Waals surface area contributed by atoms with Crippen LogP contribution in [-0.4, -0.2) is 29.6 Å². The quantitative estimate of drug-likeness (QED) is 0.634. The highest BCUT2D eigenvalue weighted by Crippen LogP contribution is 2.36. The molecule has 0 N–H and O–H groups in total. The number of benzene rings is 1. The Balaban J connectivity index is 1.89. The molecule has 3 rings (SSSR count). The van der Waals surface area contributed by atoms with E-state index in [-0.39, 0.29) is 6.79 Å². The van der Waals surface area contributed by atoms with E-state index in [0.717, 1.165) is 28.7 Å². The van der Waals surface area contributed by atoms with Crippen LogP contribution in [0, 0.1) is 18.3 Å². The van der Waals surface area contributed by atoms with Gasteiger partial charge in [-0.15, -0.1) is 0 Å². The molecule has 0 aliphatic carbocycles. The van der Waals surface area contributed by atoms with Gasteiger partial charge in [0.1, 0.15) is 5.82 Å². The molecule has 0 unspecified atom stereocenters. The number of thioether (sulfide) groups is 1. The molecule has 1 aliphatic heterocycles. The first-order valence-electron chi connectivity index (χ1n) is 6.66. The molecule has 0 radical (unpaired) electrons. The molecule has 0 bridgehead atoms. The van der Waals surface area contributed by atoms with E-state index in [9.17, 15) is 0 Å². The zero-order valence-corrected chi connectivity index (χ0v) is 13.1. The van der Waals surface area contributed by atoms with Crippen LogP contribution in [0.3, 0.4) is 0 Å². The maximum absolute atomic E-state index is 8.68. The number of nitrogens with zero attached hydrogens (tertiary/aromatic N) is 4. The fraction of sp³-hybridized carbons (Fsp3) is 0.267. The van der Waals surface area contributed by atoms with Gasteiger partial charge in [-0.05, 0) is 19.1 Å². The Kier molecular flexibility index (Phi) is 4.02. The van der Waals surface area contributed by atoms with Crippen LogP contribution in [-0.2, 0) is 0 Å². The fourth-order valence-corrected chi connectivity index (χ4v) is 2.64. The third-order valence-corrected chi connectivity index (χ3v) is 3.89. The van der Waals surface area contributed by atoms with Gasteiger partial charge in [-0.2, -0.15) is 5.26 Å². The number of hydrogen-bond donors (Lipinski definition) is 0. The number of anilines is 2. The van der Waals surface area contributed by atoms with Crippen LogP contribution in [0.2, 0.25) is 0 Å². The van der Waals surface area contributed by atoms with Crippen molar-refractivity contribution in [3.8, 4) is 17.6 Å². The highest BCUT2D eigenvalue weighted by atomic mass is 32.2. The van der Waals surface area contributed by atoms with E-state index in [1.165, 1.54) is 11.8 Å². The van der Waals surface area contributed by atoms with Crippen LogP contribution in [0.15, 0.2) is 29.4 Å². The van der Waals surface area contributed by atoms with Gasteiger partial charge in [0.05, 0.1) is 11.8 Å². The van der Waals surface area contributed by atoms with E-state index in [2.05, 4.69) is 16.0 Å². The van der Waals surface area contributed by atoms with Crippen LogP contribution in [0.1, 0.15) is 5.69 Å². The second kappa shape index (κ2) is 6.12. The summed E-state index contributed by atoms with van der Waals surface area (Å²) in [5.74, 6) is 2.58. The molecule has 0 saturated carbocycles. The molecule has 1 aromatic carbocycles. The SMILES string of the molecule is Cc1cc(N(C)c2ccc3c(c2)OCO3)nc(SCC#N)n1. The summed E-state index contributed by atoms with van der Waals surface area (Å²) < 4.78 is 10.7. The molecule has 1 aromatic heterocycles. The number of ether oxygens (including phenoxy) is 2. The lowest BCUT2D eigenvalue weighted by molar-refractivity contribution is 0.174. The Morgan fingerprint density at radius 3 is 2.91 bits per heavy atom. The molecular weight excluding hydrogens is 300 g/mol. The average molecular weight is 314 g/mol. The van der Waals surface area contributed by atoms with Crippen molar-refractivity contribution in [1.82, 2.24) is 9.97 Å². The molecule has 0 saturated heterocycles. The summed E-state index contributed by atoms with van der Waals surface area (Å²) in [5, 5.41) is 9.28. The minimum atomic E-state index is 0.254. The number of nitriles is 1. The largest absolute Gasteiger partial charge is 0.454 e. The van der Waals surface area contributed by atoms with E-state index in [4.69, 9.17) is 14.7 Å². The third-order valence-electron chi connectivity index (χ3n) is 3.17. The first-order chi connectivity index (χ1) is 10.7. The molecule has 112 valence electrons. The maximum Gasteiger partial charge on any atom is 0.231 e. The van der Waals surface area contributed by atoms with E-state index in [0.29, 0.717) is 10.9 Å². The molecule has 0 spiro atoms. The van der Waals surface area contributed by atoms with Crippen LogP contribution in [0.4, 0.5) is 11.5 Å². The lowest BCUT2D eigenvalue weighted by atomic mass is 10.2. The smallest absolute Gasteiger partial charge is 0.231 e. The zero-order valence-electron chi connectivity index (χ0n) is 12.2. The highest BCUT2D eigenvalue weighted by molar-refractivity contribution is 7.99. The van der Waals surface area contributed by atoms with Gasteiger partial charge >= 0.3 is 0 Å². The Hall–Kier alpha value is -2.46. The number of fused-ring (bicyclic) bond motifs is 1. The average Bonchev–Trinajstić information content (AvgIpc) is 2.99. The van der Waals surface area contributed by atoms with Crippen LogP contribution >= 0.6 is 11.8 Å². The van der Waals surface area contributed by atoms with Crippen molar-refractivity contribution in [1.29, 1.82) is 5.26 Å². The minimum absolute atomic E-state index is 0.254. The molecule has 7 heteroatoms. The summed E-state index contributed by atoms with van der Waals surface area (Å²) in [7, 11) is 1.93. The van der Waals surface area contributed by atoms with Crippen molar-refractivity contribution in [2.24, 2.45) is 0 Å². The summed E-state index contributed by atoms with van der Waals surface area (Å²) in [5.41, 5.74) is 1.80. The third kappa shape index (κ3) is 2.92. The number of aryl methyl sites for hydroxylation is 1. The normalized spacial score (nSPS) is 12.0. The number of hydrogen-bond acceptors (Lipinski definition) is 7. The van der Waals surface area contributed by atoms with Crippen molar-refractivity contribution < 1.29 is 9.47 Å². The van der Waals surface area contributed by atoms with Crippen molar-refractivity contribution in [3.05, 3.63) is 30.0 Å². The molecule has 0 amide bonds. The Morgan fingerprint density at radius 1 is 1.27 bits per heavy atom. The lowest BCUT2D eigenvalue weighted by Crippen LogP contribution is -2.12. The Bertz CT molecular complexity index is 745. The summed E-state index contributed by atoms with van der Waals surface area (Å²) in [4.78, 5) is 10.8. The lowest BCUT2D eigenvalue weighted by Gasteiger charge is -2.19. The van der Waals surface area contributed by atoms with Crippen LogP contribution < -0.4 is 14.4 Å². The Morgan fingerprint density at radius 2 is 2.09 bits per heavy atom. The van der Waals surface area contributed by atoms with Gasteiger partial charge in [-0.3, -0.25) is 0 Å².